The SMILES string of the molecule is C[N+](C)(C)CCO.C[N+](C)(C)CCOC(=O)c1ccccc1O.O=C(O)c1ccccc1O.O=C(O)c1ccccc1O.O=C(O)c1ccccc1O.O=C(O)c1ccccc1O.[MgH2].[MgH2]. The summed E-state index contributed by atoms with van der Waals surface area (Å²) >= 11 is 0. The van der Waals surface area contributed by atoms with Gasteiger partial charge in [0.05, 0.1) is 48.9 Å². The number of nitrogens with zero attached hydrogens (tertiary/aromatic N) is 2. The molecule has 0 unspecified atom stereocenters. The van der Waals surface area contributed by atoms with Crippen LogP contribution in [0.15, 0.2) is 121 Å². The predicted molar refractivity (Wildman–Crippen MR) is 249 cm³/mol. The van der Waals surface area contributed by atoms with E-state index in [4.69, 9.17) is 50.7 Å². The highest BCUT2D eigenvalue weighted by Gasteiger charge is 2.14. The van der Waals surface area contributed by atoms with Crippen LogP contribution in [0.1, 0.15) is 51.8 Å². The van der Waals surface area contributed by atoms with Crippen LogP contribution in [0.3, 0.4) is 0 Å². The minimum atomic E-state index is -1.11. The number of para-hydroxylation sites is 5. The van der Waals surface area contributed by atoms with Crippen molar-refractivity contribution in [2.24, 2.45) is 0 Å². The summed E-state index contributed by atoms with van der Waals surface area (Å²) in [6.45, 7) is 2.19. The van der Waals surface area contributed by atoms with E-state index in [0.717, 1.165) is 22.1 Å². The van der Waals surface area contributed by atoms with Gasteiger partial charge < -0.3 is 64.8 Å². The molecule has 5 rings (SSSR count). The number of aliphatic hydroxyl groups is 1. The summed E-state index contributed by atoms with van der Waals surface area (Å²) in [6.07, 6.45) is 0. The second-order valence-electron chi connectivity index (χ2n) is 14.7. The van der Waals surface area contributed by atoms with Gasteiger partial charge in [-0.05, 0) is 60.7 Å². The van der Waals surface area contributed by atoms with Gasteiger partial charge in [-0.2, -0.15) is 0 Å². The number of ether oxygens (including phenoxy) is 1. The van der Waals surface area contributed by atoms with Crippen LogP contribution in [0, 0.1) is 0 Å². The van der Waals surface area contributed by atoms with Crippen molar-refractivity contribution < 1.29 is 88.7 Å². The number of rotatable bonds is 10. The number of carboxylic acid groups (broad SMARTS) is 4. The number of aromatic hydroxyl groups is 5. The number of aromatic carboxylic acids is 4. The van der Waals surface area contributed by atoms with Crippen molar-refractivity contribution in [3.8, 4) is 28.7 Å². The van der Waals surface area contributed by atoms with Crippen molar-refractivity contribution in [3.63, 3.8) is 0 Å². The van der Waals surface area contributed by atoms with Gasteiger partial charge in [-0.25, -0.2) is 24.0 Å². The molecule has 0 saturated carbocycles. The van der Waals surface area contributed by atoms with Crippen molar-refractivity contribution in [1.82, 2.24) is 0 Å². The highest BCUT2D eigenvalue weighted by Crippen LogP contribution is 2.18. The zero-order valence-corrected chi connectivity index (χ0v) is 35.7. The Morgan fingerprint density at radius 1 is 0.400 bits per heavy atom. The minimum Gasteiger partial charge on any atom is -0.507 e. The molecule has 0 saturated heterocycles. The lowest BCUT2D eigenvalue weighted by molar-refractivity contribution is -0.870. The highest BCUT2D eigenvalue weighted by atomic mass is 24.3. The molecular formula is C45H60Mg2N2O16+2. The molecule has 0 aliphatic heterocycles. The van der Waals surface area contributed by atoms with Gasteiger partial charge in [0, 0.05) is 0 Å². The second kappa shape index (κ2) is 32.5. The fourth-order valence-corrected chi connectivity index (χ4v) is 4.05. The fraction of sp³-hybridized carbons (Fsp3) is 0.222. The lowest BCUT2D eigenvalue weighted by Crippen LogP contribution is -2.38. The average molecular weight is 934 g/mol. The van der Waals surface area contributed by atoms with Gasteiger partial charge in [0.1, 0.15) is 76.3 Å². The summed E-state index contributed by atoms with van der Waals surface area (Å²) < 4.78 is 6.64. The number of hydrogen-bond acceptors (Lipinski definition) is 12. The van der Waals surface area contributed by atoms with E-state index in [1.807, 2.05) is 21.1 Å². The van der Waals surface area contributed by atoms with Crippen LogP contribution in [0.4, 0.5) is 0 Å². The van der Waals surface area contributed by atoms with Crippen LogP contribution < -0.4 is 0 Å². The van der Waals surface area contributed by atoms with Crippen molar-refractivity contribution in [3.05, 3.63) is 149 Å². The van der Waals surface area contributed by atoms with Crippen molar-refractivity contribution >= 4 is 76.0 Å². The molecule has 65 heavy (non-hydrogen) atoms. The molecule has 348 valence electrons. The maximum Gasteiger partial charge on any atom is 0.342 e. The van der Waals surface area contributed by atoms with Crippen LogP contribution in [0.2, 0.25) is 0 Å². The van der Waals surface area contributed by atoms with Crippen LogP contribution in [-0.4, -0.2) is 205 Å². The largest absolute Gasteiger partial charge is 0.507 e. The summed E-state index contributed by atoms with van der Waals surface area (Å²) in [7, 11) is 12.2. The minimum absolute atomic E-state index is 0. The first-order valence-corrected chi connectivity index (χ1v) is 18.5. The first kappa shape index (κ1) is 63.2. The standard InChI is InChI=1S/C12H17NO3.4C7H6O3.C5H14NO.2Mg.4H/c1-13(2,3)8-9-16-12(15)10-6-4-5-7-11(10)14;4*8-6-4-2-1-3-5(6)7(9)10;1-6(2,3)4-5-7;;;;;;/h4-7H,8-9H2,1-3H3;4*1-4,8H,(H,9,10);7H,4-5H2,1-3H3;;;;;;/q;;;;;+1;;;;;;/p+1. The topological polar surface area (TPSA) is 297 Å². The number of carboxylic acids is 4. The van der Waals surface area contributed by atoms with Crippen LogP contribution in [-0.2, 0) is 4.74 Å². The number of phenolic OH excluding ortho intramolecular Hbond substituents is 1. The van der Waals surface area contributed by atoms with Crippen molar-refractivity contribution in [1.29, 1.82) is 0 Å². The lowest BCUT2D eigenvalue weighted by atomic mass is 10.2. The molecule has 0 fully saturated rings. The Kier molecular flexibility index (Phi) is 31.6. The van der Waals surface area contributed by atoms with Crippen molar-refractivity contribution in [2.45, 2.75) is 0 Å². The number of benzene rings is 5. The Morgan fingerprint density at radius 3 is 0.769 bits per heavy atom. The van der Waals surface area contributed by atoms with E-state index in [0.29, 0.717) is 6.61 Å². The zero-order valence-electron chi connectivity index (χ0n) is 35.7. The summed E-state index contributed by atoms with van der Waals surface area (Å²) in [5, 5.41) is 87.0. The molecular weight excluding hydrogens is 873 g/mol. The number of hydrogen-bond donors (Lipinski definition) is 10. The Balaban J connectivity index is -0.000000717. The van der Waals surface area contributed by atoms with Gasteiger partial charge in [0.15, 0.2) is 0 Å². The Hall–Kier alpha value is -6.14. The number of esters is 1. The highest BCUT2D eigenvalue weighted by molar-refractivity contribution is 5.93. The molecule has 0 atom stereocenters. The summed E-state index contributed by atoms with van der Waals surface area (Å²) in [4.78, 5) is 52.6. The molecule has 0 amide bonds. The summed E-state index contributed by atoms with van der Waals surface area (Å²) in [5.41, 5.74) is -0.0566. The molecule has 0 bridgehead atoms. The fourth-order valence-electron chi connectivity index (χ4n) is 4.05. The van der Waals surface area contributed by atoms with Gasteiger partial charge in [-0.1, -0.05) is 60.7 Å². The molecule has 5 aromatic carbocycles. The molecule has 0 aromatic heterocycles. The van der Waals surface area contributed by atoms with E-state index in [1.54, 1.807) is 66.7 Å². The molecule has 0 spiro atoms. The van der Waals surface area contributed by atoms with Crippen molar-refractivity contribution in [2.75, 3.05) is 68.6 Å². The number of phenols is 5. The molecule has 0 heterocycles. The molecule has 5 aromatic rings. The molecule has 0 radical (unpaired) electrons. The first-order chi connectivity index (χ1) is 29.3. The maximum absolute atomic E-state index is 11.6. The Bertz CT molecular complexity index is 2000. The second-order valence-corrected chi connectivity index (χ2v) is 14.7. The molecule has 20 heteroatoms. The number of likely N-dealkylation sites (N-methyl/N-ethyl adjacent to an activating group) is 2. The monoisotopic (exact) mass is 932 g/mol. The van der Waals surface area contributed by atoms with Gasteiger partial charge in [0.25, 0.3) is 0 Å². The molecule has 10 N–H and O–H groups in total. The molecule has 0 aliphatic rings. The van der Waals surface area contributed by atoms with Gasteiger partial charge in [0.2, 0.25) is 0 Å². The average Bonchev–Trinajstić information content (AvgIpc) is 3.19. The third kappa shape index (κ3) is 28.3. The summed E-state index contributed by atoms with van der Waals surface area (Å²) in [6, 6.07) is 29.6. The van der Waals surface area contributed by atoms with E-state index < -0.39 is 29.8 Å². The number of carbonyl (C=O) groups excluding carboxylic acids is 1. The Labute approximate surface area is 409 Å². The molecule has 18 nitrogen and oxygen atoms in total. The van der Waals surface area contributed by atoms with Gasteiger partial charge in [-0.3, -0.25) is 0 Å². The smallest absolute Gasteiger partial charge is 0.342 e. The molecule has 0 aliphatic carbocycles. The van der Waals surface area contributed by atoms with E-state index in [-0.39, 0.29) is 109 Å². The summed E-state index contributed by atoms with van der Waals surface area (Å²) in [5.74, 6) is -5.77. The number of carbonyl (C=O) groups is 5. The van der Waals surface area contributed by atoms with Gasteiger partial charge >= 0.3 is 76.0 Å². The quantitative estimate of drug-likeness (QED) is 0.0545. The van der Waals surface area contributed by atoms with E-state index in [2.05, 4.69) is 21.1 Å². The van der Waals surface area contributed by atoms with E-state index in [9.17, 15) is 29.1 Å². The number of quaternary nitrogens is 2. The lowest BCUT2D eigenvalue weighted by Gasteiger charge is -2.23. The first-order valence-electron chi connectivity index (χ1n) is 18.5. The third-order valence-electron chi connectivity index (χ3n) is 7.43. The van der Waals surface area contributed by atoms with Crippen LogP contribution in [0.5, 0.6) is 28.7 Å². The predicted octanol–water partition coefficient (Wildman–Crippen LogP) is 3.47. The van der Waals surface area contributed by atoms with E-state index in [1.165, 1.54) is 54.6 Å². The van der Waals surface area contributed by atoms with Crippen LogP contribution in [0.25, 0.3) is 0 Å². The van der Waals surface area contributed by atoms with E-state index >= 15 is 0 Å². The third-order valence-corrected chi connectivity index (χ3v) is 7.43. The zero-order chi connectivity index (χ0) is 48.3. The maximum atomic E-state index is 11.6. The Morgan fingerprint density at radius 2 is 0.615 bits per heavy atom. The van der Waals surface area contributed by atoms with Crippen LogP contribution >= 0.6 is 0 Å². The number of aliphatic hydroxyl groups excluding tert-OH is 1. The normalized spacial score (nSPS) is 9.71. The van der Waals surface area contributed by atoms with Gasteiger partial charge in [-0.15, -0.1) is 0 Å².